The molecule has 8 rings (SSSR count). The summed E-state index contributed by atoms with van der Waals surface area (Å²) in [6.45, 7) is 5.21. The number of nitro groups is 2. The minimum atomic E-state index is -4.92. The number of hydrazine groups is 1. The third kappa shape index (κ3) is 14.5. The second-order valence-electron chi connectivity index (χ2n) is 19.5. The van der Waals surface area contributed by atoms with Gasteiger partial charge < -0.3 is 35.6 Å². The first-order valence-electron chi connectivity index (χ1n) is 25.0. The Bertz CT molecular complexity index is 2420. The molecule has 25 heteroatoms. The number of guanidine groups is 1. The van der Waals surface area contributed by atoms with E-state index in [0.717, 1.165) is 103 Å². The van der Waals surface area contributed by atoms with Crippen molar-refractivity contribution in [3.63, 3.8) is 0 Å². The summed E-state index contributed by atoms with van der Waals surface area (Å²) >= 11 is 0. The average Bonchev–Trinajstić information content (AvgIpc) is 3.36. The van der Waals surface area contributed by atoms with Gasteiger partial charge in [0.1, 0.15) is 24.2 Å². The number of piperidine rings is 1. The molecule has 4 heterocycles. The third-order valence-electron chi connectivity index (χ3n) is 14.7. The van der Waals surface area contributed by atoms with E-state index >= 15 is 0 Å². The molecule has 0 amide bonds. The van der Waals surface area contributed by atoms with E-state index in [-0.39, 0.29) is 95.2 Å². The number of likely N-dealkylation sites (N-methyl/N-ethyl adjacent to an activating group) is 1. The van der Waals surface area contributed by atoms with Crippen molar-refractivity contribution in [2.75, 3.05) is 70.0 Å². The highest BCUT2D eigenvalue weighted by Crippen LogP contribution is 2.39. The Hall–Kier alpha value is -6.21. The number of anilines is 2. The second kappa shape index (κ2) is 23.8. The van der Waals surface area contributed by atoms with Crippen LogP contribution in [0.15, 0.2) is 71.2 Å². The number of para-hydroxylation sites is 2. The molecule has 2 aromatic carbocycles. The van der Waals surface area contributed by atoms with Crippen LogP contribution < -0.4 is 30.7 Å². The van der Waals surface area contributed by atoms with Gasteiger partial charge in [0, 0.05) is 82.1 Å². The highest BCUT2D eigenvalue weighted by Gasteiger charge is 2.41. The number of hydrogen-bond acceptors (Lipinski definition) is 17. The maximum Gasteiger partial charge on any atom is 0.573 e. The number of alkyl halides is 6. The van der Waals surface area contributed by atoms with Gasteiger partial charge >= 0.3 is 24.1 Å². The lowest BCUT2D eigenvalue weighted by Crippen LogP contribution is -2.61. The van der Waals surface area contributed by atoms with Gasteiger partial charge in [0.15, 0.2) is 0 Å². The molecule has 0 spiro atoms. The number of nitrogens with zero attached hydrogens (tertiary/aromatic N) is 9. The molecular weight excluding hydrogens is 969 g/mol. The van der Waals surface area contributed by atoms with Crippen molar-refractivity contribution >= 4 is 23.4 Å². The fraction of sp³-hybridized carbons (Fsp3) is 0.604. The number of hydrogen-bond donors (Lipinski definition) is 4. The monoisotopic (exact) mass is 1030 g/mol. The van der Waals surface area contributed by atoms with Crippen molar-refractivity contribution in [3.8, 4) is 11.5 Å². The Morgan fingerprint density at radius 3 is 1.89 bits per heavy atom. The summed E-state index contributed by atoms with van der Waals surface area (Å²) in [5.74, 6) is 0.0835. The number of benzene rings is 2. The van der Waals surface area contributed by atoms with Gasteiger partial charge in [-0.3, -0.25) is 30.1 Å². The average molecular weight is 1030 g/mol. The quantitative estimate of drug-likeness (QED) is 0.0540. The minimum absolute atomic E-state index is 0.0398. The summed E-state index contributed by atoms with van der Waals surface area (Å²) in [7, 11) is 2.14. The van der Waals surface area contributed by atoms with E-state index in [1.165, 1.54) is 36.4 Å². The number of halogens is 6. The van der Waals surface area contributed by atoms with Crippen LogP contribution in [0.4, 0.5) is 43.8 Å². The second-order valence-corrected chi connectivity index (χ2v) is 19.5. The van der Waals surface area contributed by atoms with E-state index in [1.54, 1.807) is 17.1 Å². The Morgan fingerprint density at radius 2 is 1.29 bits per heavy atom. The number of aromatic nitrogens is 2. The zero-order valence-electron chi connectivity index (χ0n) is 40.7. The molecule has 3 aromatic rings. The van der Waals surface area contributed by atoms with Gasteiger partial charge in [0.2, 0.25) is 23.5 Å². The smallest absolute Gasteiger partial charge is 0.405 e. The fourth-order valence-corrected chi connectivity index (χ4v) is 10.9. The van der Waals surface area contributed by atoms with Gasteiger partial charge in [-0.2, -0.15) is 9.98 Å². The molecular formula is C48H63F6N13O6. The van der Waals surface area contributed by atoms with Gasteiger partial charge in [-0.15, -0.1) is 26.3 Å². The van der Waals surface area contributed by atoms with Crippen LogP contribution in [0.3, 0.4) is 0 Å². The zero-order valence-corrected chi connectivity index (χ0v) is 40.7. The predicted octanol–water partition coefficient (Wildman–Crippen LogP) is 8.08. The predicted molar refractivity (Wildman–Crippen MR) is 258 cm³/mol. The maximum absolute atomic E-state index is 13.5. The number of nitrogens with one attached hydrogen (secondary N) is 4. The number of rotatable bonds is 18. The van der Waals surface area contributed by atoms with Crippen molar-refractivity contribution in [1.29, 1.82) is 0 Å². The summed E-state index contributed by atoms with van der Waals surface area (Å²) in [6.07, 6.45) is 0.854. The first-order chi connectivity index (χ1) is 35.0. The van der Waals surface area contributed by atoms with Gasteiger partial charge in [-0.25, -0.2) is 9.99 Å². The van der Waals surface area contributed by atoms with Crippen LogP contribution in [0.1, 0.15) is 81.8 Å². The molecule has 2 aliphatic carbocycles. The van der Waals surface area contributed by atoms with Crippen molar-refractivity contribution in [1.82, 2.24) is 40.4 Å². The lowest BCUT2D eigenvalue weighted by molar-refractivity contribution is -0.431. The molecule has 2 saturated carbocycles. The van der Waals surface area contributed by atoms with Crippen LogP contribution in [-0.2, 0) is 13.1 Å². The van der Waals surface area contributed by atoms with Gasteiger partial charge in [-0.1, -0.05) is 42.8 Å². The number of aliphatic imine (C=N–C) groups is 1. The van der Waals surface area contributed by atoms with Crippen molar-refractivity contribution in [2.45, 2.75) is 109 Å². The molecule has 0 radical (unpaired) electrons. The third-order valence-corrected chi connectivity index (χ3v) is 14.7. The van der Waals surface area contributed by atoms with E-state index in [2.05, 4.69) is 62.6 Å². The van der Waals surface area contributed by atoms with E-state index < -0.39 is 28.3 Å². The molecule has 4 fully saturated rings. The highest BCUT2D eigenvalue weighted by atomic mass is 19.4. The molecule has 5 aliphatic rings. The van der Waals surface area contributed by atoms with Crippen LogP contribution >= 0.6 is 0 Å². The maximum atomic E-state index is 13.5. The van der Waals surface area contributed by atoms with E-state index in [0.29, 0.717) is 25.7 Å². The highest BCUT2D eigenvalue weighted by molar-refractivity contribution is 5.82. The van der Waals surface area contributed by atoms with Gasteiger partial charge in [0.25, 0.3) is 0 Å². The zero-order chi connectivity index (χ0) is 51.7. The molecule has 1 unspecified atom stereocenters. The van der Waals surface area contributed by atoms with E-state index in [4.69, 9.17) is 4.99 Å². The Balaban J connectivity index is 0.935. The fourth-order valence-electron chi connectivity index (χ4n) is 10.9. The molecule has 19 nitrogen and oxygen atoms in total. The molecule has 1 aromatic heterocycles. The molecule has 4 N–H and O–H groups in total. The molecule has 1 atom stereocenters. The number of piperazine rings is 1. The van der Waals surface area contributed by atoms with Crippen LogP contribution in [0.25, 0.3) is 0 Å². The standard InChI is InChI=1S/C48H63F6N13O6/c1-62-22-24-63(25-23-62)37-19-15-33(16-20-37)27-56-44-40(67(70)71)31-65(46(61-44)59-29-36-9-3-5-12-42(36)73-48(52,53)54)64-21-7-6-10-38(64)34-17-13-32(14-18-34)26-55-43-39(66(68)69)30-58-45(60-43)57-28-35-8-2-4-11-41(35)72-47(49,50)51/h2-5,8-9,11-12,30,32-34,37-38,56H,6-7,10,13-29,31H2,1H3,(H,59,61)(H2,55,57,58,60)/t32-,33-,34-,37-,38?. The summed E-state index contributed by atoms with van der Waals surface area (Å²) < 4.78 is 87.9. The summed E-state index contributed by atoms with van der Waals surface area (Å²) in [5.41, 5.74) is -0.0800. The largest absolute Gasteiger partial charge is 0.573 e. The van der Waals surface area contributed by atoms with Crippen LogP contribution in [0.2, 0.25) is 0 Å². The SMILES string of the molecule is CN1CCN([C@H]2CC[C@H](CNC3=C([N+](=O)[O-])CN(N4CCCCC4[C@H]4CC[C@H](CNc5nc(NCc6ccccc6OC(F)(F)F)ncc5[N+](=O)[O-])CC4)C(NCc4ccccc4OC(F)(F)F)=N3)CC2)CC1. The van der Waals surface area contributed by atoms with Crippen LogP contribution in [0, 0.1) is 38.0 Å². The van der Waals surface area contributed by atoms with Crippen molar-refractivity contribution in [2.24, 2.45) is 22.7 Å². The molecule has 73 heavy (non-hydrogen) atoms. The van der Waals surface area contributed by atoms with Crippen LogP contribution in [0.5, 0.6) is 11.5 Å². The van der Waals surface area contributed by atoms with Crippen molar-refractivity contribution < 1.29 is 45.7 Å². The van der Waals surface area contributed by atoms with E-state index in [1.807, 2.05) is 0 Å². The lowest BCUT2D eigenvalue weighted by Gasteiger charge is -2.48. The first kappa shape index (κ1) is 53.1. The molecule has 2 saturated heterocycles. The topological polar surface area (TPSA) is 204 Å². The molecule has 3 aliphatic heterocycles. The molecule has 398 valence electrons. The van der Waals surface area contributed by atoms with Gasteiger partial charge in [-0.05, 0) is 101 Å². The Kier molecular flexibility index (Phi) is 17.3. The molecule has 0 bridgehead atoms. The van der Waals surface area contributed by atoms with Crippen LogP contribution in [-0.4, -0.2) is 130 Å². The summed E-state index contributed by atoms with van der Waals surface area (Å²) in [4.78, 5) is 42.0. The van der Waals surface area contributed by atoms with Gasteiger partial charge in [0.05, 0.1) is 9.85 Å². The summed E-state index contributed by atoms with van der Waals surface area (Å²) in [5, 5.41) is 41.4. The summed E-state index contributed by atoms with van der Waals surface area (Å²) in [6, 6.07) is 11.9. The lowest BCUT2D eigenvalue weighted by atomic mass is 9.76. The Labute approximate surface area is 419 Å². The number of ether oxygens (including phenoxy) is 2. The van der Waals surface area contributed by atoms with Crippen molar-refractivity contribution in [3.05, 3.63) is 97.6 Å². The Morgan fingerprint density at radius 1 is 0.699 bits per heavy atom. The first-order valence-corrected chi connectivity index (χ1v) is 25.0. The minimum Gasteiger partial charge on any atom is -0.405 e. The van der Waals surface area contributed by atoms with E-state index in [9.17, 15) is 46.6 Å². The normalized spacial score (nSPS) is 23.8.